The lowest BCUT2D eigenvalue weighted by Crippen LogP contribution is -2.08. The number of unbranched alkanes of at least 4 members (excludes halogenated alkanes) is 4. The Morgan fingerprint density at radius 1 is 1.05 bits per heavy atom. The molecule has 0 saturated heterocycles. The lowest BCUT2D eigenvalue weighted by Gasteiger charge is -2.13. The summed E-state index contributed by atoms with van der Waals surface area (Å²) in [7, 11) is -0.0641. The number of benzene rings is 1. The molecule has 0 aromatic heterocycles. The van der Waals surface area contributed by atoms with Crippen LogP contribution in [0.3, 0.4) is 0 Å². The van der Waals surface area contributed by atoms with Crippen LogP contribution in [0.2, 0.25) is 0 Å². The average molecular weight is 320 g/mol. The Morgan fingerprint density at radius 2 is 1.64 bits per heavy atom. The third kappa shape index (κ3) is 8.41. The van der Waals surface area contributed by atoms with Crippen molar-refractivity contribution in [1.29, 1.82) is 0 Å². The molecule has 0 aliphatic rings. The summed E-state index contributed by atoms with van der Waals surface area (Å²) in [5, 5.41) is 0. The SMILES string of the molecule is C#C.C=S(NCCCCCCC)c1ccc(C(C)CC)cc1. The third-order valence-corrected chi connectivity index (χ3v) is 5.30. The van der Waals surface area contributed by atoms with Crippen molar-refractivity contribution in [1.82, 2.24) is 4.72 Å². The Balaban J connectivity index is 0.00000211. The fraction of sp³-hybridized carbons (Fsp3) is 0.550. The summed E-state index contributed by atoms with van der Waals surface area (Å²) in [6, 6.07) is 9.00. The van der Waals surface area contributed by atoms with Crippen molar-refractivity contribution in [2.45, 2.75) is 70.1 Å². The van der Waals surface area contributed by atoms with E-state index in [0.29, 0.717) is 5.92 Å². The van der Waals surface area contributed by atoms with Crippen LogP contribution in [-0.2, 0) is 0 Å². The van der Waals surface area contributed by atoms with Crippen LogP contribution in [0.5, 0.6) is 0 Å². The zero-order valence-corrected chi connectivity index (χ0v) is 15.4. The molecule has 2 heteroatoms. The second kappa shape index (κ2) is 13.6. The monoisotopic (exact) mass is 319 g/mol. The highest BCUT2D eigenvalue weighted by Gasteiger charge is 2.03. The maximum atomic E-state index is 4.25. The molecule has 0 amide bonds. The van der Waals surface area contributed by atoms with E-state index in [0.717, 1.165) is 6.54 Å². The molecule has 0 aliphatic carbocycles. The van der Waals surface area contributed by atoms with Gasteiger partial charge in [0, 0.05) is 11.4 Å². The van der Waals surface area contributed by atoms with Gasteiger partial charge in [-0.25, -0.2) is 0 Å². The van der Waals surface area contributed by atoms with Crippen LogP contribution >= 0.6 is 10.7 Å². The van der Waals surface area contributed by atoms with Crippen LogP contribution in [-0.4, -0.2) is 12.4 Å². The molecule has 1 aromatic carbocycles. The summed E-state index contributed by atoms with van der Waals surface area (Å²) in [4.78, 5) is 1.32. The highest BCUT2D eigenvalue weighted by molar-refractivity contribution is 8.12. The van der Waals surface area contributed by atoms with Crippen LogP contribution in [0, 0.1) is 12.8 Å². The summed E-state index contributed by atoms with van der Waals surface area (Å²) >= 11 is 0. The standard InChI is InChI=1S/C18H31NS.C2H2/c1-5-7-8-9-10-15-19-20(4)18-13-11-17(12-14-18)16(3)6-2;1-2/h11-14,16,19H,4-10,15H2,1-3H3;1-2H. The Labute approximate surface area is 141 Å². The number of nitrogens with one attached hydrogen (secondary N) is 1. The van der Waals surface area contributed by atoms with Crippen LogP contribution in [0.1, 0.15) is 70.8 Å². The molecule has 124 valence electrons. The highest BCUT2D eigenvalue weighted by Crippen LogP contribution is 2.25. The largest absolute Gasteiger partial charge is 0.266 e. The van der Waals surface area contributed by atoms with Crippen LogP contribution < -0.4 is 4.72 Å². The van der Waals surface area contributed by atoms with Crippen LogP contribution in [0.15, 0.2) is 29.2 Å². The number of terminal acetylenes is 1. The smallest absolute Gasteiger partial charge is 0.0152 e. The highest BCUT2D eigenvalue weighted by atomic mass is 32.2. The zero-order chi connectivity index (χ0) is 16.8. The topological polar surface area (TPSA) is 12.0 Å². The third-order valence-electron chi connectivity index (χ3n) is 3.90. The van der Waals surface area contributed by atoms with Crippen molar-refractivity contribution < 1.29 is 0 Å². The second-order valence-corrected chi connectivity index (χ2v) is 7.12. The molecule has 0 bridgehead atoms. The minimum Gasteiger partial charge on any atom is -0.266 e. The maximum Gasteiger partial charge on any atom is 0.0152 e. The van der Waals surface area contributed by atoms with Gasteiger partial charge in [-0.1, -0.05) is 75.1 Å². The van der Waals surface area contributed by atoms with E-state index >= 15 is 0 Å². The Bertz CT molecular complexity index is 419. The van der Waals surface area contributed by atoms with E-state index in [2.05, 4.69) is 68.5 Å². The molecule has 22 heavy (non-hydrogen) atoms. The van der Waals surface area contributed by atoms with E-state index in [-0.39, 0.29) is 10.7 Å². The Hall–Kier alpha value is -1.04. The molecular weight excluding hydrogens is 286 g/mol. The van der Waals surface area contributed by atoms with Gasteiger partial charge in [-0.15, -0.1) is 12.8 Å². The van der Waals surface area contributed by atoms with Gasteiger partial charge in [0.2, 0.25) is 0 Å². The lowest BCUT2D eigenvalue weighted by molar-refractivity contribution is 0.630. The summed E-state index contributed by atoms with van der Waals surface area (Å²) in [5.41, 5.74) is 1.44. The first kappa shape index (κ1) is 21.0. The molecule has 0 fully saturated rings. The number of rotatable bonds is 10. The normalized spacial score (nSPS) is 13.0. The molecule has 0 saturated carbocycles. The maximum absolute atomic E-state index is 4.25. The zero-order valence-electron chi connectivity index (χ0n) is 14.6. The number of hydrogen-bond acceptors (Lipinski definition) is 1. The summed E-state index contributed by atoms with van der Waals surface area (Å²) in [6.07, 6.45) is 15.9. The molecule has 1 nitrogen and oxygen atoms in total. The van der Waals surface area contributed by atoms with E-state index in [1.807, 2.05) is 0 Å². The van der Waals surface area contributed by atoms with Crippen molar-refractivity contribution in [2.24, 2.45) is 0 Å². The minimum absolute atomic E-state index is 0.0641. The van der Waals surface area contributed by atoms with Gasteiger partial charge in [0.15, 0.2) is 0 Å². The molecule has 1 N–H and O–H groups in total. The summed E-state index contributed by atoms with van der Waals surface area (Å²) in [5.74, 6) is 4.91. The van der Waals surface area contributed by atoms with E-state index in [4.69, 9.17) is 0 Å². The van der Waals surface area contributed by atoms with Gasteiger partial charge < -0.3 is 0 Å². The molecule has 0 spiro atoms. The van der Waals surface area contributed by atoms with E-state index in [1.165, 1.54) is 49.0 Å². The Kier molecular flexibility index (Phi) is 13.0. The van der Waals surface area contributed by atoms with E-state index < -0.39 is 0 Å². The van der Waals surface area contributed by atoms with Gasteiger partial charge in [-0.05, 0) is 36.5 Å². The lowest BCUT2D eigenvalue weighted by atomic mass is 9.99. The van der Waals surface area contributed by atoms with Gasteiger partial charge in [-0.3, -0.25) is 4.72 Å². The first-order chi connectivity index (χ1) is 10.7. The molecule has 0 heterocycles. The quantitative estimate of drug-likeness (QED) is 0.317. The predicted octanol–water partition coefficient (Wildman–Crippen LogP) is 5.98. The molecule has 0 radical (unpaired) electrons. The van der Waals surface area contributed by atoms with E-state index in [1.54, 1.807) is 0 Å². The van der Waals surface area contributed by atoms with Gasteiger partial charge >= 0.3 is 0 Å². The van der Waals surface area contributed by atoms with Crippen molar-refractivity contribution in [3.8, 4) is 12.8 Å². The van der Waals surface area contributed by atoms with Crippen LogP contribution in [0.25, 0.3) is 0 Å². The molecule has 1 aromatic rings. The van der Waals surface area contributed by atoms with Crippen molar-refractivity contribution in [3.63, 3.8) is 0 Å². The Morgan fingerprint density at radius 3 is 2.18 bits per heavy atom. The van der Waals surface area contributed by atoms with Crippen molar-refractivity contribution in [2.75, 3.05) is 6.54 Å². The van der Waals surface area contributed by atoms with Crippen molar-refractivity contribution >= 4 is 16.5 Å². The van der Waals surface area contributed by atoms with Crippen LogP contribution in [0.4, 0.5) is 0 Å². The fourth-order valence-electron chi connectivity index (χ4n) is 2.20. The molecule has 2 unspecified atom stereocenters. The van der Waals surface area contributed by atoms with Gasteiger partial charge in [0.05, 0.1) is 0 Å². The summed E-state index contributed by atoms with van der Waals surface area (Å²) < 4.78 is 3.56. The molecule has 1 rings (SSSR count). The number of hydrogen-bond donors (Lipinski definition) is 1. The van der Waals surface area contributed by atoms with Crippen molar-refractivity contribution in [3.05, 3.63) is 29.8 Å². The first-order valence-electron chi connectivity index (χ1n) is 8.39. The molecule has 0 aliphatic heterocycles. The minimum atomic E-state index is -0.0641. The van der Waals surface area contributed by atoms with Gasteiger partial charge in [-0.2, -0.15) is 0 Å². The van der Waals surface area contributed by atoms with Gasteiger partial charge in [0.1, 0.15) is 0 Å². The van der Waals surface area contributed by atoms with E-state index in [9.17, 15) is 0 Å². The molecular formula is C20H33NS. The molecule has 2 atom stereocenters. The first-order valence-corrected chi connectivity index (χ1v) is 9.79. The fourth-order valence-corrected chi connectivity index (χ4v) is 3.23. The summed E-state index contributed by atoms with van der Waals surface area (Å²) in [6.45, 7) is 7.87. The second-order valence-electron chi connectivity index (χ2n) is 5.58. The van der Waals surface area contributed by atoms with Gasteiger partial charge in [0.25, 0.3) is 0 Å². The average Bonchev–Trinajstić information content (AvgIpc) is 2.59. The predicted molar refractivity (Wildman–Crippen MR) is 105 cm³/mol.